The van der Waals surface area contributed by atoms with Crippen LogP contribution in [0.4, 0.5) is 8.78 Å². The second kappa shape index (κ2) is 3.61. The van der Waals surface area contributed by atoms with Crippen LogP contribution in [0.5, 0.6) is 5.88 Å². The van der Waals surface area contributed by atoms with Crippen LogP contribution in [0.3, 0.4) is 0 Å². The zero-order chi connectivity index (χ0) is 10.8. The fraction of sp³-hybridized carbons (Fsp3) is 0. The van der Waals surface area contributed by atoms with Crippen molar-refractivity contribution < 1.29 is 13.9 Å². The zero-order valence-electron chi connectivity index (χ0n) is 7.48. The van der Waals surface area contributed by atoms with E-state index in [4.69, 9.17) is 0 Å². The predicted octanol–water partition coefficient (Wildman–Crippen LogP) is 2.13. The van der Waals surface area contributed by atoms with Crippen LogP contribution in [0, 0.1) is 12.0 Å². The van der Waals surface area contributed by atoms with E-state index in [0.717, 1.165) is 0 Å². The van der Waals surface area contributed by atoms with Gasteiger partial charge < -0.3 is 5.11 Å². The van der Waals surface area contributed by atoms with Gasteiger partial charge in [0.25, 0.3) is 0 Å². The second-order valence-electron chi connectivity index (χ2n) is 2.85. The van der Waals surface area contributed by atoms with Crippen LogP contribution >= 0.6 is 0 Å². The van der Waals surface area contributed by atoms with Crippen LogP contribution < -0.4 is 0 Å². The van der Waals surface area contributed by atoms with E-state index in [2.05, 4.69) is 9.97 Å². The van der Waals surface area contributed by atoms with E-state index in [0.29, 0.717) is 5.56 Å². The van der Waals surface area contributed by atoms with E-state index in [1.165, 1.54) is 0 Å². The molecule has 1 heterocycles. The minimum Gasteiger partial charge on any atom is -0.493 e. The molecule has 0 saturated carbocycles. The lowest BCUT2D eigenvalue weighted by atomic mass is 10.1. The van der Waals surface area contributed by atoms with Crippen molar-refractivity contribution in [3.8, 4) is 17.0 Å². The first-order chi connectivity index (χ1) is 7.18. The molecule has 76 valence electrons. The number of rotatable bonds is 1. The Morgan fingerprint density at radius 2 is 1.67 bits per heavy atom. The Morgan fingerprint density at radius 3 is 2.27 bits per heavy atom. The summed E-state index contributed by atoms with van der Waals surface area (Å²) < 4.78 is 25.7. The largest absolute Gasteiger partial charge is 0.493 e. The molecule has 0 fully saturated rings. The number of benzene rings is 1. The van der Waals surface area contributed by atoms with Crippen molar-refractivity contribution in [1.29, 1.82) is 0 Å². The summed E-state index contributed by atoms with van der Waals surface area (Å²) in [6.07, 6.45) is -1.29. The molecule has 0 atom stereocenters. The molecule has 0 bridgehead atoms. The Balaban J connectivity index is 2.64. The van der Waals surface area contributed by atoms with Crippen molar-refractivity contribution in [2.45, 2.75) is 0 Å². The summed E-state index contributed by atoms with van der Waals surface area (Å²) in [5, 5.41) is 9.29. The van der Waals surface area contributed by atoms with Crippen LogP contribution in [0.2, 0.25) is 0 Å². The lowest BCUT2D eigenvalue weighted by molar-refractivity contribution is 0.408. The molecule has 1 aromatic heterocycles. The molecule has 1 aromatic carbocycles. The zero-order valence-corrected chi connectivity index (χ0v) is 7.48. The Kier molecular flexibility index (Phi) is 2.29. The second-order valence-corrected chi connectivity index (χ2v) is 2.85. The summed E-state index contributed by atoms with van der Waals surface area (Å²) in [6, 6.07) is 8.21. The molecule has 3 nitrogen and oxygen atoms in total. The van der Waals surface area contributed by atoms with E-state index in [-0.39, 0.29) is 5.56 Å². The quantitative estimate of drug-likeness (QED) is 0.576. The van der Waals surface area contributed by atoms with Crippen molar-refractivity contribution in [3.63, 3.8) is 0 Å². The summed E-state index contributed by atoms with van der Waals surface area (Å²) in [7, 11) is 0. The predicted molar refractivity (Wildman–Crippen MR) is 49.0 cm³/mol. The number of hydrogen-bond acceptors (Lipinski definition) is 3. The summed E-state index contributed by atoms with van der Waals surface area (Å²) in [6.45, 7) is 0. The molecule has 0 aliphatic carbocycles. The Bertz CT molecular complexity index is 465. The Hall–Kier alpha value is -2.04. The lowest BCUT2D eigenvalue weighted by Crippen LogP contribution is -1.97. The van der Waals surface area contributed by atoms with Crippen LogP contribution in [-0.4, -0.2) is 15.1 Å². The molecule has 1 N–H and O–H groups in total. The molecule has 0 saturated heterocycles. The van der Waals surface area contributed by atoms with Gasteiger partial charge in [0.15, 0.2) is 0 Å². The molecule has 0 spiro atoms. The maximum absolute atomic E-state index is 13.2. The highest BCUT2D eigenvalue weighted by Gasteiger charge is 2.15. The van der Waals surface area contributed by atoms with Crippen molar-refractivity contribution >= 4 is 0 Å². The third-order valence-electron chi connectivity index (χ3n) is 1.88. The van der Waals surface area contributed by atoms with Crippen molar-refractivity contribution in [3.05, 3.63) is 42.4 Å². The van der Waals surface area contributed by atoms with Crippen molar-refractivity contribution in [2.75, 3.05) is 0 Å². The van der Waals surface area contributed by atoms with Gasteiger partial charge in [0.05, 0.1) is 5.56 Å². The van der Waals surface area contributed by atoms with Gasteiger partial charge in [0.2, 0.25) is 11.8 Å². The molecule has 0 aliphatic heterocycles. The number of nitrogens with zero attached hydrogens (tertiary/aromatic N) is 2. The van der Waals surface area contributed by atoms with Gasteiger partial charge in [-0.1, -0.05) is 30.3 Å². The van der Waals surface area contributed by atoms with Crippen LogP contribution in [0.1, 0.15) is 0 Å². The van der Waals surface area contributed by atoms with Gasteiger partial charge in [0.1, 0.15) is 0 Å². The van der Waals surface area contributed by atoms with E-state index < -0.39 is 17.9 Å². The first-order valence-corrected chi connectivity index (χ1v) is 4.16. The summed E-state index contributed by atoms with van der Waals surface area (Å²) in [5.74, 6) is -1.78. The van der Waals surface area contributed by atoms with E-state index in [9.17, 15) is 13.9 Å². The topological polar surface area (TPSA) is 46.0 Å². The standard InChI is InChI=1S/C10H6F2N2O/c11-8-7(6-4-2-1-3-5-6)9(15)14-10(12)13-8/h1-5H,(H,13,14,15). The third kappa shape index (κ3) is 1.76. The van der Waals surface area contributed by atoms with Crippen molar-refractivity contribution in [1.82, 2.24) is 9.97 Å². The monoisotopic (exact) mass is 208 g/mol. The fourth-order valence-corrected chi connectivity index (χ4v) is 1.25. The highest BCUT2D eigenvalue weighted by Crippen LogP contribution is 2.28. The van der Waals surface area contributed by atoms with E-state index >= 15 is 0 Å². The van der Waals surface area contributed by atoms with Crippen LogP contribution in [0.15, 0.2) is 30.3 Å². The Labute approximate surface area is 84.1 Å². The first kappa shape index (κ1) is 9.51. The highest BCUT2D eigenvalue weighted by atomic mass is 19.1. The van der Waals surface area contributed by atoms with Gasteiger partial charge in [0, 0.05) is 0 Å². The number of aromatic nitrogens is 2. The van der Waals surface area contributed by atoms with Gasteiger partial charge >= 0.3 is 6.08 Å². The Morgan fingerprint density at radius 1 is 1.00 bits per heavy atom. The van der Waals surface area contributed by atoms with Gasteiger partial charge in [-0.2, -0.15) is 18.7 Å². The molecule has 2 rings (SSSR count). The fourth-order valence-electron chi connectivity index (χ4n) is 1.25. The maximum Gasteiger partial charge on any atom is 0.314 e. The first-order valence-electron chi connectivity index (χ1n) is 4.16. The normalized spacial score (nSPS) is 10.3. The van der Waals surface area contributed by atoms with Gasteiger partial charge in [-0.15, -0.1) is 0 Å². The van der Waals surface area contributed by atoms with Crippen LogP contribution in [0.25, 0.3) is 11.1 Å². The highest BCUT2D eigenvalue weighted by molar-refractivity contribution is 5.67. The smallest absolute Gasteiger partial charge is 0.314 e. The van der Waals surface area contributed by atoms with Gasteiger partial charge in [-0.25, -0.2) is 0 Å². The number of halogens is 2. The summed E-state index contributed by atoms with van der Waals surface area (Å²) >= 11 is 0. The molecular weight excluding hydrogens is 202 g/mol. The SMILES string of the molecule is Oc1nc(F)nc(F)c1-c1ccccc1. The molecule has 2 aromatic rings. The average molecular weight is 208 g/mol. The minimum atomic E-state index is -1.29. The third-order valence-corrected chi connectivity index (χ3v) is 1.88. The molecule has 0 radical (unpaired) electrons. The summed E-state index contributed by atoms with van der Waals surface area (Å²) in [5.41, 5.74) is 0.199. The molecule has 5 heteroatoms. The summed E-state index contributed by atoms with van der Waals surface area (Å²) in [4.78, 5) is 5.95. The number of aromatic hydroxyl groups is 1. The molecule has 15 heavy (non-hydrogen) atoms. The minimum absolute atomic E-state index is 0.197. The van der Waals surface area contributed by atoms with Gasteiger partial charge in [-0.3, -0.25) is 0 Å². The van der Waals surface area contributed by atoms with Crippen LogP contribution in [-0.2, 0) is 0 Å². The molecule has 0 aliphatic rings. The molecule has 0 amide bonds. The van der Waals surface area contributed by atoms with Crippen molar-refractivity contribution in [2.24, 2.45) is 0 Å². The van der Waals surface area contributed by atoms with E-state index in [1.54, 1.807) is 30.3 Å². The van der Waals surface area contributed by atoms with Gasteiger partial charge in [-0.05, 0) is 5.56 Å². The number of hydrogen-bond donors (Lipinski definition) is 1. The van der Waals surface area contributed by atoms with E-state index in [1.807, 2.05) is 0 Å². The molecular formula is C10H6F2N2O. The molecule has 0 unspecified atom stereocenters. The lowest BCUT2D eigenvalue weighted by Gasteiger charge is -2.03. The maximum atomic E-state index is 13.2. The average Bonchev–Trinajstić information content (AvgIpc) is 2.17.